The van der Waals surface area contributed by atoms with Crippen LogP contribution in [0.25, 0.3) is 0 Å². The monoisotopic (exact) mass is 412 g/mol. The Hall–Kier alpha value is -3.35. The lowest BCUT2D eigenvalue weighted by molar-refractivity contribution is -0.144. The molecule has 0 aliphatic heterocycles. The van der Waals surface area contributed by atoms with E-state index in [1.54, 1.807) is 38.1 Å². The number of carbonyl (C=O) groups excluding carboxylic acids is 2. The number of ether oxygens (including phenoxy) is 1. The number of hydrogen-bond acceptors (Lipinski definition) is 4. The third-order valence-electron chi connectivity index (χ3n) is 4.43. The second-order valence-electron chi connectivity index (χ2n) is 7.89. The van der Waals surface area contributed by atoms with Gasteiger partial charge in [0.05, 0.1) is 6.42 Å². The van der Waals surface area contributed by atoms with Crippen LogP contribution in [0.3, 0.4) is 0 Å². The Bertz CT molecular complexity index is 915. The molecular formula is C23H28N2O5. The van der Waals surface area contributed by atoms with E-state index in [0.717, 1.165) is 22.4 Å². The van der Waals surface area contributed by atoms with Gasteiger partial charge in [-0.05, 0) is 75.6 Å². The summed E-state index contributed by atoms with van der Waals surface area (Å²) in [7, 11) is 0. The summed E-state index contributed by atoms with van der Waals surface area (Å²) in [5.41, 5.74) is 2.46. The minimum Gasteiger partial charge on any atom is -0.480 e. The number of carboxylic acid groups (broad SMARTS) is 1. The van der Waals surface area contributed by atoms with E-state index in [2.05, 4.69) is 10.6 Å². The lowest BCUT2D eigenvalue weighted by atomic mass is 10.1. The maximum atomic E-state index is 12.3. The molecule has 1 atom stereocenters. The molecule has 2 rings (SSSR count). The van der Waals surface area contributed by atoms with Gasteiger partial charge in [0.1, 0.15) is 11.8 Å². The lowest BCUT2D eigenvalue weighted by Gasteiger charge is -2.26. The van der Waals surface area contributed by atoms with Crippen molar-refractivity contribution < 1.29 is 24.2 Å². The topological polar surface area (TPSA) is 105 Å². The summed E-state index contributed by atoms with van der Waals surface area (Å²) in [6, 6.07) is 11.7. The fourth-order valence-electron chi connectivity index (χ4n) is 2.89. The summed E-state index contributed by atoms with van der Waals surface area (Å²) < 4.78 is 5.72. The van der Waals surface area contributed by atoms with Gasteiger partial charge in [0.15, 0.2) is 5.60 Å². The highest BCUT2D eigenvalue weighted by atomic mass is 16.5. The van der Waals surface area contributed by atoms with Crippen molar-refractivity contribution in [1.82, 2.24) is 5.32 Å². The molecule has 0 aliphatic carbocycles. The minimum absolute atomic E-state index is 0.129. The summed E-state index contributed by atoms with van der Waals surface area (Å²) >= 11 is 0. The van der Waals surface area contributed by atoms with E-state index in [-0.39, 0.29) is 12.3 Å². The number of carbonyl (C=O) groups is 3. The SMILES string of the molecule is Cc1cc(C)cc(NC(=O)Cc2ccc(OC(C)(C)C(=O)NC(C)C(=O)O)cc2)c1. The smallest absolute Gasteiger partial charge is 0.325 e. The van der Waals surface area contributed by atoms with E-state index in [1.165, 1.54) is 6.92 Å². The van der Waals surface area contributed by atoms with Crippen LogP contribution >= 0.6 is 0 Å². The second-order valence-corrected chi connectivity index (χ2v) is 7.89. The van der Waals surface area contributed by atoms with Crippen LogP contribution in [-0.4, -0.2) is 34.5 Å². The zero-order chi connectivity index (χ0) is 22.5. The first-order valence-electron chi connectivity index (χ1n) is 9.66. The van der Waals surface area contributed by atoms with Crippen LogP contribution < -0.4 is 15.4 Å². The first-order valence-corrected chi connectivity index (χ1v) is 9.66. The molecule has 2 aromatic carbocycles. The molecule has 0 saturated carbocycles. The van der Waals surface area contributed by atoms with Crippen molar-refractivity contribution in [2.24, 2.45) is 0 Å². The van der Waals surface area contributed by atoms with Gasteiger partial charge in [-0.3, -0.25) is 14.4 Å². The molecule has 7 nitrogen and oxygen atoms in total. The standard InChI is InChI=1S/C23H28N2O5/c1-14-10-15(2)12-18(11-14)25-20(26)13-17-6-8-19(9-7-17)30-23(4,5)22(29)24-16(3)21(27)28/h6-12,16H,13H2,1-5H3,(H,24,29)(H,25,26)(H,27,28). The number of aliphatic carboxylic acids is 1. The molecule has 0 bridgehead atoms. The Morgan fingerprint density at radius 3 is 2.13 bits per heavy atom. The third-order valence-corrected chi connectivity index (χ3v) is 4.43. The van der Waals surface area contributed by atoms with Gasteiger partial charge in [-0.25, -0.2) is 0 Å². The summed E-state index contributed by atoms with van der Waals surface area (Å²) in [4.78, 5) is 35.5. The van der Waals surface area contributed by atoms with Gasteiger partial charge in [-0.1, -0.05) is 18.2 Å². The molecule has 0 saturated heterocycles. The van der Waals surface area contributed by atoms with E-state index in [9.17, 15) is 14.4 Å². The highest BCUT2D eigenvalue weighted by Crippen LogP contribution is 2.20. The van der Waals surface area contributed by atoms with Crippen LogP contribution in [0.1, 0.15) is 37.5 Å². The summed E-state index contributed by atoms with van der Waals surface area (Å²) in [5, 5.41) is 14.2. The molecule has 0 spiro atoms. The van der Waals surface area contributed by atoms with Crippen LogP contribution in [0, 0.1) is 13.8 Å². The number of anilines is 1. The number of benzene rings is 2. The van der Waals surface area contributed by atoms with Crippen molar-refractivity contribution in [1.29, 1.82) is 0 Å². The van der Waals surface area contributed by atoms with Crippen molar-refractivity contribution in [2.75, 3.05) is 5.32 Å². The zero-order valence-electron chi connectivity index (χ0n) is 17.9. The van der Waals surface area contributed by atoms with E-state index >= 15 is 0 Å². The van der Waals surface area contributed by atoms with Gasteiger partial charge in [-0.2, -0.15) is 0 Å². The number of rotatable bonds is 8. The lowest BCUT2D eigenvalue weighted by Crippen LogP contribution is -2.51. The van der Waals surface area contributed by atoms with Crippen LogP contribution in [-0.2, 0) is 20.8 Å². The molecule has 0 aliphatic rings. The van der Waals surface area contributed by atoms with E-state index in [4.69, 9.17) is 9.84 Å². The van der Waals surface area contributed by atoms with Crippen LogP contribution in [0.2, 0.25) is 0 Å². The van der Waals surface area contributed by atoms with Crippen LogP contribution in [0.4, 0.5) is 5.69 Å². The van der Waals surface area contributed by atoms with Crippen LogP contribution in [0.15, 0.2) is 42.5 Å². The minimum atomic E-state index is -1.26. The van der Waals surface area contributed by atoms with Crippen molar-refractivity contribution in [3.05, 3.63) is 59.2 Å². The molecular weight excluding hydrogens is 384 g/mol. The molecule has 30 heavy (non-hydrogen) atoms. The van der Waals surface area contributed by atoms with Crippen molar-refractivity contribution in [3.8, 4) is 5.75 Å². The van der Waals surface area contributed by atoms with Crippen molar-refractivity contribution >= 4 is 23.5 Å². The highest BCUT2D eigenvalue weighted by Gasteiger charge is 2.32. The Balaban J connectivity index is 1.96. The number of amides is 2. The fraction of sp³-hybridized carbons (Fsp3) is 0.348. The molecule has 0 aromatic heterocycles. The summed E-state index contributed by atoms with van der Waals surface area (Å²) in [6.07, 6.45) is 0.202. The fourth-order valence-corrected chi connectivity index (χ4v) is 2.89. The average molecular weight is 412 g/mol. The third kappa shape index (κ3) is 6.62. The van der Waals surface area contributed by atoms with Crippen molar-refractivity contribution in [2.45, 2.75) is 52.7 Å². The van der Waals surface area contributed by atoms with Gasteiger partial charge in [0.2, 0.25) is 5.91 Å². The molecule has 0 radical (unpaired) electrons. The van der Waals surface area contributed by atoms with Gasteiger partial charge in [0.25, 0.3) is 5.91 Å². The Morgan fingerprint density at radius 1 is 1.03 bits per heavy atom. The summed E-state index contributed by atoms with van der Waals surface area (Å²) in [5.74, 6) is -1.34. The molecule has 2 aromatic rings. The largest absolute Gasteiger partial charge is 0.480 e. The number of nitrogens with one attached hydrogen (secondary N) is 2. The molecule has 1 unspecified atom stereocenters. The highest BCUT2D eigenvalue weighted by molar-refractivity contribution is 5.92. The van der Waals surface area contributed by atoms with Gasteiger partial charge in [0, 0.05) is 5.69 Å². The first kappa shape index (κ1) is 22.9. The normalized spacial score (nSPS) is 12.0. The van der Waals surface area contributed by atoms with Gasteiger partial charge >= 0.3 is 5.97 Å². The number of aryl methyl sites for hydroxylation is 2. The predicted octanol–water partition coefficient (Wildman–Crippen LogP) is 3.23. The average Bonchev–Trinajstić information content (AvgIpc) is 2.62. The molecule has 7 heteroatoms. The van der Waals surface area contributed by atoms with Crippen molar-refractivity contribution in [3.63, 3.8) is 0 Å². The quantitative estimate of drug-likeness (QED) is 0.617. The maximum Gasteiger partial charge on any atom is 0.325 e. The molecule has 2 amide bonds. The van der Waals surface area contributed by atoms with E-state index < -0.39 is 23.5 Å². The zero-order valence-corrected chi connectivity index (χ0v) is 17.9. The predicted molar refractivity (Wildman–Crippen MR) is 115 cm³/mol. The first-order chi connectivity index (χ1) is 14.0. The molecule has 3 N–H and O–H groups in total. The maximum absolute atomic E-state index is 12.3. The van der Waals surface area contributed by atoms with Gasteiger partial charge < -0.3 is 20.5 Å². The Morgan fingerprint density at radius 2 is 1.60 bits per heavy atom. The number of hydrogen-bond donors (Lipinski definition) is 3. The number of carboxylic acids is 1. The molecule has 160 valence electrons. The van der Waals surface area contributed by atoms with E-state index in [0.29, 0.717) is 5.75 Å². The Kier molecular flexibility index (Phi) is 7.21. The molecule has 0 heterocycles. The Labute approximate surface area is 176 Å². The second kappa shape index (κ2) is 9.43. The molecule has 0 fully saturated rings. The van der Waals surface area contributed by atoms with Crippen LogP contribution in [0.5, 0.6) is 5.75 Å². The van der Waals surface area contributed by atoms with Gasteiger partial charge in [-0.15, -0.1) is 0 Å². The summed E-state index contributed by atoms with van der Waals surface area (Å²) in [6.45, 7) is 8.45. The van der Waals surface area contributed by atoms with E-state index in [1.807, 2.05) is 32.0 Å².